The molecule has 0 saturated heterocycles. The molecule has 0 aliphatic rings. The van der Waals surface area contributed by atoms with E-state index in [0.29, 0.717) is 0 Å². The van der Waals surface area contributed by atoms with Crippen LogP contribution in [0.25, 0.3) is 0 Å². The first-order valence-electron chi connectivity index (χ1n) is 12.4. The molecule has 0 bridgehead atoms. The van der Waals surface area contributed by atoms with Crippen LogP contribution in [-0.2, 0) is 25.3 Å². The molecule has 0 aromatic rings. The Kier molecular flexibility index (Phi) is 73.0. The topological polar surface area (TPSA) is 0 Å². The summed E-state index contributed by atoms with van der Waals surface area (Å²) < 4.78 is 0. The van der Waals surface area contributed by atoms with Crippen molar-refractivity contribution < 1.29 is 0 Å². The summed E-state index contributed by atoms with van der Waals surface area (Å²) in [6.45, 7) is 15.5. The van der Waals surface area contributed by atoms with Crippen LogP contribution in [0, 0.1) is 13.8 Å². The second-order valence-electron chi connectivity index (χ2n) is 7.36. The molecule has 0 nitrogen and oxygen atoms in total. The molecular formula is C26H56S2Sn. The van der Waals surface area contributed by atoms with Crippen molar-refractivity contribution >= 4 is 49.2 Å². The third kappa shape index (κ3) is 72.8. The van der Waals surface area contributed by atoms with Crippen molar-refractivity contribution in [2.75, 3.05) is 11.5 Å². The standard InChI is InChI=1S/2C10H22S.2C3H7.Sn/c2*1-2-3-4-5-6-7-8-9-10-11;2*1-3-2;/h2*11H,2-10H2,1H3;2*1,3H2,2H3;/q;;;;+2/p-2. The van der Waals surface area contributed by atoms with Gasteiger partial charge in [0.15, 0.2) is 0 Å². The molecular weight excluding hydrogens is 495 g/mol. The summed E-state index contributed by atoms with van der Waals surface area (Å²) >= 11 is 9.74. The molecule has 4 radical (unpaired) electrons. The molecule has 176 valence electrons. The van der Waals surface area contributed by atoms with Crippen molar-refractivity contribution in [2.24, 2.45) is 0 Å². The molecule has 0 amide bonds. The van der Waals surface area contributed by atoms with Gasteiger partial charge in [0, 0.05) is 0 Å². The second kappa shape index (κ2) is 51.8. The van der Waals surface area contributed by atoms with Gasteiger partial charge in [-0.2, -0.15) is 11.5 Å². The van der Waals surface area contributed by atoms with Gasteiger partial charge < -0.3 is 25.3 Å². The van der Waals surface area contributed by atoms with Crippen molar-refractivity contribution in [1.29, 1.82) is 0 Å². The van der Waals surface area contributed by atoms with Crippen LogP contribution in [0.3, 0.4) is 0 Å². The summed E-state index contributed by atoms with van der Waals surface area (Å²) in [6.07, 6.45) is 24.2. The Labute approximate surface area is 216 Å². The molecule has 0 aromatic heterocycles. The smallest absolute Gasteiger partial charge is 0.793 e. The second-order valence-corrected chi connectivity index (χ2v) is 8.17. The summed E-state index contributed by atoms with van der Waals surface area (Å²) in [4.78, 5) is 0. The Hall–Kier alpha value is 1.50. The summed E-state index contributed by atoms with van der Waals surface area (Å²) in [5.41, 5.74) is 0. The maximum Gasteiger partial charge on any atom is 2.00 e. The van der Waals surface area contributed by atoms with E-state index >= 15 is 0 Å². The van der Waals surface area contributed by atoms with Crippen LogP contribution in [0.15, 0.2) is 0 Å². The van der Waals surface area contributed by atoms with Crippen LogP contribution in [-0.4, -0.2) is 35.4 Å². The average molecular weight is 552 g/mol. The van der Waals surface area contributed by atoms with E-state index in [1.165, 1.54) is 103 Å². The first-order chi connectivity index (χ1) is 13.7. The SMILES string of the molecule is CCCCCCCCCC[S-].CCCCCCCCCC[S-].[CH2]CC.[CH2]CC.[Sn+2]. The van der Waals surface area contributed by atoms with Crippen LogP contribution >= 0.6 is 0 Å². The molecule has 29 heavy (non-hydrogen) atoms. The third-order valence-electron chi connectivity index (χ3n) is 4.00. The van der Waals surface area contributed by atoms with Crippen LogP contribution in [0.1, 0.15) is 143 Å². The van der Waals surface area contributed by atoms with E-state index in [2.05, 4.69) is 27.7 Å². The Morgan fingerprint density at radius 1 is 0.414 bits per heavy atom. The van der Waals surface area contributed by atoms with Crippen molar-refractivity contribution in [1.82, 2.24) is 0 Å². The molecule has 0 aromatic carbocycles. The van der Waals surface area contributed by atoms with Crippen molar-refractivity contribution in [3.05, 3.63) is 13.8 Å². The molecule has 0 rings (SSSR count). The van der Waals surface area contributed by atoms with Gasteiger partial charge in [-0.05, 0) is 0 Å². The van der Waals surface area contributed by atoms with Crippen molar-refractivity contribution in [2.45, 2.75) is 143 Å². The third-order valence-corrected chi connectivity index (χ3v) is 4.57. The van der Waals surface area contributed by atoms with Crippen molar-refractivity contribution in [3.8, 4) is 0 Å². The van der Waals surface area contributed by atoms with Gasteiger partial charge in [0.25, 0.3) is 0 Å². The zero-order valence-corrected chi connectivity index (χ0v) is 25.4. The van der Waals surface area contributed by atoms with E-state index in [1.54, 1.807) is 0 Å². The van der Waals surface area contributed by atoms with Gasteiger partial charge in [0.1, 0.15) is 0 Å². The normalized spacial score (nSPS) is 9.10. The molecule has 0 aliphatic heterocycles. The first-order valence-corrected chi connectivity index (χ1v) is 13.6. The largest absolute Gasteiger partial charge is 2.00 e. The van der Waals surface area contributed by atoms with E-state index < -0.39 is 0 Å². The fraction of sp³-hybridized carbons (Fsp3) is 0.923. The molecule has 0 N–H and O–H groups in total. The van der Waals surface area contributed by atoms with Crippen molar-refractivity contribution in [3.63, 3.8) is 0 Å². The van der Waals surface area contributed by atoms with E-state index in [-0.39, 0.29) is 23.9 Å². The molecule has 0 unspecified atom stereocenters. The number of hydrogen-bond acceptors (Lipinski definition) is 2. The maximum atomic E-state index is 4.87. The first kappa shape index (κ1) is 40.8. The summed E-state index contributed by atoms with van der Waals surface area (Å²) in [5.74, 6) is 1.91. The number of hydrogen-bond donors (Lipinski definition) is 0. The zero-order valence-electron chi connectivity index (χ0n) is 20.9. The Bertz CT molecular complexity index is 154. The van der Waals surface area contributed by atoms with E-state index in [9.17, 15) is 0 Å². The molecule has 0 aliphatic carbocycles. The predicted octanol–water partition coefficient (Wildman–Crippen LogP) is 9.43. The quantitative estimate of drug-likeness (QED) is 0.106. The zero-order chi connectivity index (χ0) is 22.1. The van der Waals surface area contributed by atoms with Gasteiger partial charge in [-0.25, -0.2) is 0 Å². The summed E-state index contributed by atoms with van der Waals surface area (Å²) in [6, 6.07) is 0. The Morgan fingerprint density at radius 3 is 0.759 bits per heavy atom. The van der Waals surface area contributed by atoms with Crippen LogP contribution in [0.5, 0.6) is 0 Å². The minimum atomic E-state index is 0. The maximum absolute atomic E-state index is 4.87. The number of rotatable bonds is 16. The minimum Gasteiger partial charge on any atom is -0.793 e. The van der Waals surface area contributed by atoms with Crippen LogP contribution in [0.2, 0.25) is 0 Å². The van der Waals surface area contributed by atoms with Gasteiger partial charge in [-0.1, -0.05) is 157 Å². The van der Waals surface area contributed by atoms with Gasteiger partial charge in [0.05, 0.1) is 0 Å². The fourth-order valence-corrected chi connectivity index (χ4v) is 2.88. The molecule has 0 atom stereocenters. The Morgan fingerprint density at radius 2 is 0.586 bits per heavy atom. The van der Waals surface area contributed by atoms with Crippen LogP contribution in [0.4, 0.5) is 0 Å². The molecule has 0 saturated carbocycles. The summed E-state index contributed by atoms with van der Waals surface area (Å²) in [7, 11) is 0. The van der Waals surface area contributed by atoms with Crippen LogP contribution < -0.4 is 0 Å². The monoisotopic (exact) mass is 552 g/mol. The van der Waals surface area contributed by atoms with Gasteiger partial charge in [-0.3, -0.25) is 0 Å². The predicted molar refractivity (Wildman–Crippen MR) is 147 cm³/mol. The molecule has 3 heteroatoms. The van der Waals surface area contributed by atoms with Gasteiger partial charge in [0.2, 0.25) is 0 Å². The molecule has 0 fully saturated rings. The minimum absolute atomic E-state index is 0. The van der Waals surface area contributed by atoms with E-state index in [1.807, 2.05) is 13.8 Å². The molecule has 0 heterocycles. The fourth-order valence-electron chi connectivity index (χ4n) is 2.47. The van der Waals surface area contributed by atoms with E-state index in [4.69, 9.17) is 25.3 Å². The average Bonchev–Trinajstić information content (AvgIpc) is 2.69. The van der Waals surface area contributed by atoms with Gasteiger partial charge >= 0.3 is 23.9 Å². The Balaban J connectivity index is -0.000000101. The number of unbranched alkanes of at least 4 members (excludes halogenated alkanes) is 14. The van der Waals surface area contributed by atoms with Gasteiger partial charge in [-0.15, -0.1) is 0 Å². The molecule has 0 spiro atoms. The van der Waals surface area contributed by atoms with E-state index in [0.717, 1.165) is 24.3 Å². The summed E-state index contributed by atoms with van der Waals surface area (Å²) in [5, 5.41) is 0.